The number of carbonyl (C=O) groups excluding carboxylic acids is 3. The number of hydrogen-bond acceptors (Lipinski definition) is 8. The minimum atomic E-state index is -1.27. The van der Waals surface area contributed by atoms with Crippen LogP contribution in [0.4, 0.5) is 4.79 Å². The van der Waals surface area contributed by atoms with E-state index in [-0.39, 0.29) is 18.1 Å². The molecule has 1 aromatic rings. The van der Waals surface area contributed by atoms with E-state index in [0.717, 1.165) is 0 Å². The van der Waals surface area contributed by atoms with Crippen molar-refractivity contribution in [1.82, 2.24) is 4.90 Å². The number of carboxylic acids is 1. The van der Waals surface area contributed by atoms with Gasteiger partial charge in [-0.1, -0.05) is 6.07 Å². The van der Waals surface area contributed by atoms with Crippen LogP contribution in [0.25, 0.3) is 6.08 Å². The Hall–Kier alpha value is -3.01. The van der Waals surface area contributed by atoms with Crippen molar-refractivity contribution in [1.29, 1.82) is 0 Å². The van der Waals surface area contributed by atoms with E-state index in [2.05, 4.69) is 0 Å². The molecule has 2 rings (SSSR count). The van der Waals surface area contributed by atoms with Crippen LogP contribution in [0.3, 0.4) is 0 Å². The van der Waals surface area contributed by atoms with Gasteiger partial charge in [-0.15, -0.1) is 0 Å². The Morgan fingerprint density at radius 2 is 1.89 bits per heavy atom. The predicted octanol–water partition coefficient (Wildman–Crippen LogP) is 2.15. The summed E-state index contributed by atoms with van der Waals surface area (Å²) in [5.74, 6) is -1.78. The summed E-state index contributed by atoms with van der Waals surface area (Å²) < 4.78 is 15.7. The molecule has 0 unspecified atom stereocenters. The summed E-state index contributed by atoms with van der Waals surface area (Å²) >= 11 is 0.664. The maximum absolute atomic E-state index is 12.2. The second-order valence-electron chi connectivity index (χ2n) is 5.39. The van der Waals surface area contributed by atoms with Crippen molar-refractivity contribution in [2.75, 3.05) is 26.4 Å². The average molecular weight is 409 g/mol. The van der Waals surface area contributed by atoms with Gasteiger partial charge in [0.05, 0.1) is 18.1 Å². The standard InChI is InChI=1S/C18H19NO8S/c1-3-25-13-7-11(5-6-12(13)27-10-16(22)26-4-2)8-14-17(23)19(9-15(20)21)18(24)28-14/h5-8H,3-4,9-10H2,1-2H3,(H,20,21)/b14-8+. The van der Waals surface area contributed by atoms with E-state index in [9.17, 15) is 19.2 Å². The van der Waals surface area contributed by atoms with Gasteiger partial charge in [0.25, 0.3) is 11.1 Å². The van der Waals surface area contributed by atoms with Gasteiger partial charge in [-0.05, 0) is 49.4 Å². The number of ether oxygens (including phenoxy) is 3. The van der Waals surface area contributed by atoms with E-state index in [1.165, 1.54) is 6.08 Å². The molecule has 0 bridgehead atoms. The van der Waals surface area contributed by atoms with Gasteiger partial charge in [0.1, 0.15) is 6.54 Å². The molecule has 0 aromatic heterocycles. The lowest BCUT2D eigenvalue weighted by Gasteiger charge is -2.12. The quantitative estimate of drug-likeness (QED) is 0.483. The molecule has 2 amide bonds. The molecule has 0 atom stereocenters. The number of thioether (sulfide) groups is 1. The highest BCUT2D eigenvalue weighted by Crippen LogP contribution is 2.34. The molecule has 1 aromatic carbocycles. The third-order valence-corrected chi connectivity index (χ3v) is 4.29. The fourth-order valence-electron chi connectivity index (χ4n) is 2.26. The number of amides is 2. The fraction of sp³-hybridized carbons (Fsp3) is 0.333. The lowest BCUT2D eigenvalue weighted by molar-refractivity contribution is -0.145. The molecule has 150 valence electrons. The normalized spacial score (nSPS) is 15.1. The molecular formula is C18H19NO8S. The fourth-order valence-corrected chi connectivity index (χ4v) is 3.10. The highest BCUT2D eigenvalue weighted by Gasteiger charge is 2.36. The van der Waals surface area contributed by atoms with Crippen LogP contribution < -0.4 is 9.47 Å². The second-order valence-corrected chi connectivity index (χ2v) is 6.39. The predicted molar refractivity (Wildman–Crippen MR) is 100 cm³/mol. The molecule has 28 heavy (non-hydrogen) atoms. The summed E-state index contributed by atoms with van der Waals surface area (Å²) in [5.41, 5.74) is 0.549. The first-order valence-electron chi connectivity index (χ1n) is 8.38. The van der Waals surface area contributed by atoms with Crippen LogP contribution in [0, 0.1) is 0 Å². The summed E-state index contributed by atoms with van der Waals surface area (Å²) in [6.45, 7) is 3.09. The number of esters is 1. The monoisotopic (exact) mass is 409 g/mol. The number of hydrogen-bond donors (Lipinski definition) is 1. The molecule has 0 saturated carbocycles. The largest absolute Gasteiger partial charge is 0.490 e. The van der Waals surface area contributed by atoms with Gasteiger partial charge in [-0.2, -0.15) is 0 Å². The number of rotatable bonds is 9. The molecule has 0 spiro atoms. The first kappa shape index (κ1) is 21.3. The van der Waals surface area contributed by atoms with E-state index in [1.807, 2.05) is 0 Å². The van der Waals surface area contributed by atoms with Crippen LogP contribution >= 0.6 is 11.8 Å². The van der Waals surface area contributed by atoms with E-state index in [4.69, 9.17) is 19.3 Å². The van der Waals surface area contributed by atoms with Crippen LogP contribution in [-0.4, -0.2) is 59.5 Å². The summed E-state index contributed by atoms with van der Waals surface area (Å²) in [6.07, 6.45) is 1.46. The highest BCUT2D eigenvalue weighted by molar-refractivity contribution is 8.18. The molecule has 1 N–H and O–H groups in total. The lowest BCUT2D eigenvalue weighted by Crippen LogP contribution is -2.33. The lowest BCUT2D eigenvalue weighted by atomic mass is 10.2. The Bertz CT molecular complexity index is 820. The van der Waals surface area contributed by atoms with Gasteiger partial charge < -0.3 is 19.3 Å². The third kappa shape index (κ3) is 5.49. The molecule has 1 heterocycles. The zero-order chi connectivity index (χ0) is 20.7. The average Bonchev–Trinajstić information content (AvgIpc) is 2.88. The Labute approximate surface area is 165 Å². The highest BCUT2D eigenvalue weighted by atomic mass is 32.2. The molecule has 1 saturated heterocycles. The van der Waals surface area contributed by atoms with Crippen molar-refractivity contribution in [2.24, 2.45) is 0 Å². The number of aliphatic carboxylic acids is 1. The minimum absolute atomic E-state index is 0.105. The maximum atomic E-state index is 12.2. The number of nitrogens with zero attached hydrogens (tertiary/aromatic N) is 1. The molecular weight excluding hydrogens is 390 g/mol. The summed E-state index contributed by atoms with van der Waals surface area (Å²) in [4.78, 5) is 47.0. The smallest absolute Gasteiger partial charge is 0.344 e. The SMILES string of the molecule is CCOC(=O)COc1ccc(/C=C2/SC(=O)N(CC(=O)O)C2=O)cc1OCC. The van der Waals surface area contributed by atoms with E-state index < -0.39 is 29.6 Å². The Kier molecular flexibility index (Phi) is 7.44. The van der Waals surface area contributed by atoms with Gasteiger partial charge in [-0.3, -0.25) is 19.3 Å². The van der Waals surface area contributed by atoms with Crippen LogP contribution in [0.2, 0.25) is 0 Å². The number of carboxylic acid groups (broad SMARTS) is 1. The number of benzene rings is 1. The number of imide groups is 1. The van der Waals surface area contributed by atoms with Crippen molar-refractivity contribution in [2.45, 2.75) is 13.8 Å². The summed E-state index contributed by atoms with van der Waals surface area (Å²) in [5, 5.41) is 8.16. The molecule has 9 nitrogen and oxygen atoms in total. The van der Waals surface area contributed by atoms with E-state index in [0.29, 0.717) is 40.3 Å². The molecule has 0 aliphatic carbocycles. The van der Waals surface area contributed by atoms with Crippen molar-refractivity contribution >= 4 is 40.9 Å². The summed E-state index contributed by atoms with van der Waals surface area (Å²) in [7, 11) is 0. The maximum Gasteiger partial charge on any atom is 0.344 e. The number of carbonyl (C=O) groups is 4. The van der Waals surface area contributed by atoms with Crippen LogP contribution in [0.15, 0.2) is 23.1 Å². The van der Waals surface area contributed by atoms with Gasteiger partial charge in [0.2, 0.25) is 0 Å². The van der Waals surface area contributed by atoms with Gasteiger partial charge in [0.15, 0.2) is 18.1 Å². The topological polar surface area (TPSA) is 119 Å². The van der Waals surface area contributed by atoms with Crippen molar-refractivity contribution < 1.29 is 38.5 Å². The van der Waals surface area contributed by atoms with E-state index >= 15 is 0 Å². The molecule has 1 fully saturated rings. The second kappa shape index (κ2) is 9.79. The molecule has 1 aliphatic heterocycles. The first-order chi connectivity index (χ1) is 13.3. The Morgan fingerprint density at radius 1 is 1.14 bits per heavy atom. The zero-order valence-electron chi connectivity index (χ0n) is 15.3. The molecule has 10 heteroatoms. The van der Waals surface area contributed by atoms with Gasteiger partial charge >= 0.3 is 11.9 Å². The van der Waals surface area contributed by atoms with Crippen LogP contribution in [0.5, 0.6) is 11.5 Å². The third-order valence-electron chi connectivity index (χ3n) is 3.38. The van der Waals surface area contributed by atoms with Crippen LogP contribution in [0.1, 0.15) is 19.4 Å². The minimum Gasteiger partial charge on any atom is -0.490 e. The Morgan fingerprint density at radius 3 is 2.54 bits per heavy atom. The van der Waals surface area contributed by atoms with Crippen molar-refractivity contribution in [3.05, 3.63) is 28.7 Å². The first-order valence-corrected chi connectivity index (χ1v) is 9.19. The zero-order valence-corrected chi connectivity index (χ0v) is 16.1. The van der Waals surface area contributed by atoms with Crippen molar-refractivity contribution in [3.63, 3.8) is 0 Å². The molecule has 1 aliphatic rings. The van der Waals surface area contributed by atoms with Crippen LogP contribution in [-0.2, 0) is 19.1 Å². The molecule has 0 radical (unpaired) electrons. The summed E-state index contributed by atoms with van der Waals surface area (Å²) in [6, 6.07) is 4.78. The van der Waals surface area contributed by atoms with E-state index in [1.54, 1.807) is 32.0 Å². The van der Waals surface area contributed by atoms with Gasteiger partial charge in [0, 0.05) is 0 Å². The van der Waals surface area contributed by atoms with Crippen molar-refractivity contribution in [3.8, 4) is 11.5 Å². The van der Waals surface area contributed by atoms with Gasteiger partial charge in [-0.25, -0.2) is 4.79 Å². The Balaban J connectivity index is 2.20.